The van der Waals surface area contributed by atoms with Crippen molar-refractivity contribution in [2.75, 3.05) is 6.61 Å². The Hall–Kier alpha value is -3.01. The molecule has 0 spiro atoms. The number of tetrazole rings is 1. The molecule has 1 aromatic carbocycles. The van der Waals surface area contributed by atoms with Crippen LogP contribution in [0.4, 0.5) is 0 Å². The molecule has 0 saturated carbocycles. The summed E-state index contributed by atoms with van der Waals surface area (Å²) in [6.07, 6.45) is 2.15. The maximum Gasteiger partial charge on any atom is 0.234 e. The van der Waals surface area contributed by atoms with Crippen LogP contribution in [-0.2, 0) is 0 Å². The summed E-state index contributed by atoms with van der Waals surface area (Å²) >= 11 is 0. The van der Waals surface area contributed by atoms with Gasteiger partial charge in [0.1, 0.15) is 17.3 Å². The Morgan fingerprint density at radius 2 is 2.19 bits per heavy atom. The van der Waals surface area contributed by atoms with Crippen molar-refractivity contribution in [2.24, 2.45) is 0 Å². The Morgan fingerprint density at radius 3 is 2.90 bits per heavy atom. The third-order valence-corrected chi connectivity index (χ3v) is 2.94. The first-order valence-corrected chi connectivity index (χ1v) is 6.54. The fourth-order valence-electron chi connectivity index (χ4n) is 2.05. The van der Waals surface area contributed by atoms with E-state index >= 15 is 0 Å². The van der Waals surface area contributed by atoms with Crippen molar-refractivity contribution in [3.63, 3.8) is 0 Å². The normalized spacial score (nSPS) is 10.5. The summed E-state index contributed by atoms with van der Waals surface area (Å²) in [5.74, 6) is 0.297. The van der Waals surface area contributed by atoms with E-state index < -0.39 is 0 Å². The van der Waals surface area contributed by atoms with Gasteiger partial charge in [-0.2, -0.15) is 5.26 Å². The standard InChI is InChI=1S/C14H12N6O/c1-2-7-21-14-11(8-15)13(20-17-9-16-19-20)10-5-3-4-6-12(10)18-14/h3-6,9H,2,7H2,1H3. The van der Waals surface area contributed by atoms with E-state index in [1.807, 2.05) is 31.2 Å². The molecule has 0 aliphatic carbocycles. The van der Waals surface area contributed by atoms with Gasteiger partial charge in [-0.15, -0.1) is 15.0 Å². The Morgan fingerprint density at radius 1 is 1.33 bits per heavy atom. The van der Waals surface area contributed by atoms with Gasteiger partial charge in [-0.25, -0.2) is 4.98 Å². The van der Waals surface area contributed by atoms with Crippen LogP contribution in [0.15, 0.2) is 30.6 Å². The minimum atomic E-state index is 0.297. The van der Waals surface area contributed by atoms with Gasteiger partial charge in [-0.1, -0.05) is 25.1 Å². The lowest BCUT2D eigenvalue weighted by atomic mass is 10.1. The molecule has 0 radical (unpaired) electrons. The van der Waals surface area contributed by atoms with Crippen LogP contribution >= 0.6 is 0 Å². The van der Waals surface area contributed by atoms with Crippen molar-refractivity contribution >= 4 is 10.9 Å². The monoisotopic (exact) mass is 280 g/mol. The van der Waals surface area contributed by atoms with Gasteiger partial charge in [-0.05, 0) is 17.7 Å². The minimum absolute atomic E-state index is 0.297. The third kappa shape index (κ3) is 2.27. The molecule has 0 fully saturated rings. The second-order valence-corrected chi connectivity index (χ2v) is 4.34. The van der Waals surface area contributed by atoms with Crippen molar-refractivity contribution in [3.8, 4) is 17.6 Å². The van der Waals surface area contributed by atoms with Gasteiger partial charge in [0.15, 0.2) is 6.33 Å². The SMILES string of the molecule is CCCOc1nc2ccccc2c(-n2ncnn2)c1C#N. The highest BCUT2D eigenvalue weighted by molar-refractivity contribution is 5.90. The van der Waals surface area contributed by atoms with E-state index in [9.17, 15) is 5.26 Å². The third-order valence-electron chi connectivity index (χ3n) is 2.94. The van der Waals surface area contributed by atoms with E-state index in [0.717, 1.165) is 17.3 Å². The van der Waals surface area contributed by atoms with Crippen molar-refractivity contribution in [1.29, 1.82) is 5.26 Å². The lowest BCUT2D eigenvalue weighted by Crippen LogP contribution is -2.08. The lowest BCUT2D eigenvalue weighted by Gasteiger charge is -2.11. The number of nitrogens with zero attached hydrogens (tertiary/aromatic N) is 6. The number of aromatic nitrogens is 5. The Kier molecular flexibility index (Phi) is 3.43. The average molecular weight is 280 g/mol. The van der Waals surface area contributed by atoms with Gasteiger partial charge in [0.25, 0.3) is 0 Å². The zero-order valence-electron chi connectivity index (χ0n) is 11.4. The molecular weight excluding hydrogens is 268 g/mol. The zero-order chi connectivity index (χ0) is 14.7. The van der Waals surface area contributed by atoms with Gasteiger partial charge < -0.3 is 4.74 Å². The molecule has 3 aromatic rings. The summed E-state index contributed by atoms with van der Waals surface area (Å²) in [5.41, 5.74) is 1.56. The number of hydrogen-bond acceptors (Lipinski definition) is 6. The minimum Gasteiger partial charge on any atom is -0.477 e. The Balaban J connectivity index is 2.33. The molecule has 2 heterocycles. The molecule has 2 aromatic heterocycles. The molecule has 0 bridgehead atoms. The predicted octanol–water partition coefficient (Wildman–Crippen LogP) is 1.87. The fraction of sp³-hybridized carbons (Fsp3) is 0.214. The van der Waals surface area contributed by atoms with Gasteiger partial charge >= 0.3 is 0 Å². The zero-order valence-corrected chi connectivity index (χ0v) is 11.4. The van der Waals surface area contributed by atoms with Gasteiger partial charge in [0.2, 0.25) is 5.88 Å². The summed E-state index contributed by atoms with van der Waals surface area (Å²) in [4.78, 5) is 5.74. The number of para-hydroxylation sites is 1. The van der Waals surface area contributed by atoms with E-state index in [2.05, 4.69) is 26.5 Å². The lowest BCUT2D eigenvalue weighted by molar-refractivity contribution is 0.305. The molecule has 0 N–H and O–H groups in total. The number of ether oxygens (including phenoxy) is 1. The van der Waals surface area contributed by atoms with Crippen molar-refractivity contribution < 1.29 is 4.74 Å². The van der Waals surface area contributed by atoms with Crippen LogP contribution in [0.1, 0.15) is 18.9 Å². The van der Waals surface area contributed by atoms with Crippen LogP contribution in [0.25, 0.3) is 16.6 Å². The maximum absolute atomic E-state index is 9.50. The molecule has 7 heteroatoms. The molecule has 0 aliphatic rings. The molecule has 21 heavy (non-hydrogen) atoms. The summed E-state index contributed by atoms with van der Waals surface area (Å²) in [7, 11) is 0. The van der Waals surface area contributed by atoms with Gasteiger partial charge in [-0.3, -0.25) is 0 Å². The van der Waals surface area contributed by atoms with Gasteiger partial charge in [0.05, 0.1) is 12.1 Å². The fourth-order valence-corrected chi connectivity index (χ4v) is 2.05. The molecule has 104 valence electrons. The number of rotatable bonds is 4. The number of pyridine rings is 1. The van der Waals surface area contributed by atoms with E-state index in [0.29, 0.717) is 23.7 Å². The molecular formula is C14H12N6O. The molecule has 0 amide bonds. The first-order valence-electron chi connectivity index (χ1n) is 6.54. The number of benzene rings is 1. The highest BCUT2D eigenvalue weighted by Crippen LogP contribution is 2.29. The highest BCUT2D eigenvalue weighted by Gasteiger charge is 2.19. The van der Waals surface area contributed by atoms with Crippen molar-refractivity contribution in [1.82, 2.24) is 25.2 Å². The van der Waals surface area contributed by atoms with Crippen molar-refractivity contribution in [2.45, 2.75) is 13.3 Å². The Bertz CT molecular complexity index is 806. The molecule has 0 unspecified atom stereocenters. The summed E-state index contributed by atoms with van der Waals surface area (Å²) in [6, 6.07) is 9.61. The van der Waals surface area contributed by atoms with E-state index in [1.165, 1.54) is 11.1 Å². The number of hydrogen-bond donors (Lipinski definition) is 0. The van der Waals surface area contributed by atoms with Crippen LogP contribution < -0.4 is 4.74 Å². The summed E-state index contributed by atoms with van der Waals surface area (Å²) in [6.45, 7) is 2.48. The van der Waals surface area contributed by atoms with Crippen LogP contribution in [0, 0.1) is 11.3 Å². The van der Waals surface area contributed by atoms with E-state index in [-0.39, 0.29) is 0 Å². The van der Waals surface area contributed by atoms with Crippen LogP contribution in [0.2, 0.25) is 0 Å². The van der Waals surface area contributed by atoms with Crippen LogP contribution in [0.3, 0.4) is 0 Å². The number of fused-ring (bicyclic) bond motifs is 1. The predicted molar refractivity (Wildman–Crippen MR) is 75.0 cm³/mol. The first-order chi connectivity index (χ1) is 10.3. The summed E-state index contributed by atoms with van der Waals surface area (Å²) in [5, 5.41) is 21.9. The van der Waals surface area contributed by atoms with Crippen LogP contribution in [0.5, 0.6) is 5.88 Å². The smallest absolute Gasteiger partial charge is 0.234 e. The highest BCUT2D eigenvalue weighted by atomic mass is 16.5. The second-order valence-electron chi connectivity index (χ2n) is 4.34. The summed E-state index contributed by atoms with van der Waals surface area (Å²) < 4.78 is 5.60. The largest absolute Gasteiger partial charge is 0.477 e. The quantitative estimate of drug-likeness (QED) is 0.724. The molecule has 0 aliphatic heterocycles. The van der Waals surface area contributed by atoms with E-state index in [1.54, 1.807) is 0 Å². The average Bonchev–Trinajstić information content (AvgIpc) is 3.05. The topological polar surface area (TPSA) is 89.5 Å². The van der Waals surface area contributed by atoms with Crippen molar-refractivity contribution in [3.05, 3.63) is 36.2 Å². The molecule has 3 rings (SSSR count). The Labute approximate surface area is 120 Å². The second kappa shape index (κ2) is 5.54. The molecule has 0 saturated heterocycles. The van der Waals surface area contributed by atoms with E-state index in [4.69, 9.17) is 4.74 Å². The number of nitriles is 1. The van der Waals surface area contributed by atoms with Gasteiger partial charge in [0, 0.05) is 5.39 Å². The first kappa shape index (κ1) is 13.0. The van der Waals surface area contributed by atoms with Crippen LogP contribution in [-0.4, -0.2) is 31.8 Å². The molecule has 0 atom stereocenters. The maximum atomic E-state index is 9.50. The molecule has 7 nitrogen and oxygen atoms in total.